The van der Waals surface area contributed by atoms with Gasteiger partial charge in [-0.3, -0.25) is 0 Å². The van der Waals surface area contributed by atoms with Crippen LogP contribution in [0.25, 0.3) is 0 Å². The van der Waals surface area contributed by atoms with E-state index in [4.69, 9.17) is 0 Å². The first-order valence-corrected chi connectivity index (χ1v) is 10.5. The Bertz CT molecular complexity index is 566. The Kier molecular flexibility index (Phi) is 4.91. The molecule has 0 aliphatic rings. The molecule has 114 valence electrons. The van der Waals surface area contributed by atoms with Gasteiger partial charge in [0.2, 0.25) is 0 Å². The summed E-state index contributed by atoms with van der Waals surface area (Å²) in [7, 11) is -7.66. The van der Waals surface area contributed by atoms with Gasteiger partial charge in [0.25, 0.3) is 0 Å². The molecule has 0 aliphatic heterocycles. The molecule has 8 heteroatoms. The third-order valence-electron chi connectivity index (χ3n) is 3.58. The highest BCUT2D eigenvalue weighted by Gasteiger charge is 2.49. The summed E-state index contributed by atoms with van der Waals surface area (Å²) in [5.41, 5.74) is -5.42. The summed E-state index contributed by atoms with van der Waals surface area (Å²) in [5.74, 6) is -0.206. The number of alkyl halides is 3. The molecule has 0 aliphatic carbocycles. The summed E-state index contributed by atoms with van der Waals surface area (Å²) in [4.78, 5) is 0. The highest BCUT2D eigenvalue weighted by atomic mass is 32.2. The Morgan fingerprint density at radius 2 is 1.65 bits per heavy atom. The first-order chi connectivity index (χ1) is 9.07. The van der Waals surface area contributed by atoms with Crippen molar-refractivity contribution in [3.8, 4) is 5.75 Å². The van der Waals surface area contributed by atoms with E-state index in [1.54, 1.807) is 12.1 Å². The number of hydrogen-bond acceptors (Lipinski definition) is 3. The minimum Gasteiger partial charge on any atom is -0.376 e. The molecule has 3 nitrogen and oxygen atoms in total. The van der Waals surface area contributed by atoms with Gasteiger partial charge in [0, 0.05) is 0 Å². The van der Waals surface area contributed by atoms with Gasteiger partial charge in [-0.05, 0) is 11.3 Å². The third-order valence-corrected chi connectivity index (χ3v) is 9.38. The molecule has 0 fully saturated rings. The molecule has 0 saturated heterocycles. The smallest absolute Gasteiger partial charge is 0.376 e. The molecular formula is C12H17F3O3SSi. The van der Waals surface area contributed by atoms with E-state index in [0.717, 1.165) is 12.1 Å². The van der Waals surface area contributed by atoms with Crippen molar-refractivity contribution in [1.29, 1.82) is 0 Å². The van der Waals surface area contributed by atoms with E-state index >= 15 is 0 Å². The lowest BCUT2D eigenvalue weighted by atomic mass is 10.3. The lowest BCUT2D eigenvalue weighted by Gasteiger charge is -2.27. The van der Waals surface area contributed by atoms with Crippen molar-refractivity contribution in [2.45, 2.75) is 38.0 Å². The quantitative estimate of drug-likeness (QED) is 0.474. The van der Waals surface area contributed by atoms with Crippen LogP contribution >= 0.6 is 0 Å². The molecular weight excluding hydrogens is 309 g/mol. The van der Waals surface area contributed by atoms with Gasteiger partial charge in [0.15, 0.2) is 0 Å². The maximum atomic E-state index is 12.4. The number of benzene rings is 1. The molecule has 1 rings (SSSR count). The van der Waals surface area contributed by atoms with Crippen LogP contribution in [0.15, 0.2) is 24.3 Å². The molecule has 0 radical (unpaired) electrons. The van der Waals surface area contributed by atoms with Crippen molar-refractivity contribution in [3.63, 3.8) is 0 Å². The number of rotatable bonds is 5. The molecule has 0 heterocycles. The third kappa shape index (κ3) is 3.35. The van der Waals surface area contributed by atoms with Gasteiger partial charge in [-0.1, -0.05) is 50.7 Å². The average Bonchev–Trinajstić information content (AvgIpc) is 2.36. The van der Waals surface area contributed by atoms with Gasteiger partial charge in [-0.25, -0.2) is 0 Å². The molecule has 1 aromatic carbocycles. The van der Waals surface area contributed by atoms with Gasteiger partial charge in [-0.2, -0.15) is 21.6 Å². The molecule has 0 unspecified atom stereocenters. The van der Waals surface area contributed by atoms with Crippen molar-refractivity contribution in [2.24, 2.45) is 0 Å². The number of para-hydroxylation sites is 1. The minimum absolute atomic E-state index is 0.206. The second-order valence-corrected chi connectivity index (χ2v) is 11.4. The van der Waals surface area contributed by atoms with Crippen LogP contribution in [0.4, 0.5) is 13.2 Å². The Labute approximate surface area is 117 Å². The molecule has 0 aromatic heterocycles. The van der Waals surface area contributed by atoms with Gasteiger partial charge in [0.05, 0.1) is 8.07 Å². The summed E-state index contributed by atoms with van der Waals surface area (Å²) in [6, 6.07) is 7.64. The lowest BCUT2D eigenvalue weighted by molar-refractivity contribution is -0.0499. The van der Waals surface area contributed by atoms with Crippen LogP contribution in [0.2, 0.25) is 18.6 Å². The molecule has 0 N–H and O–H groups in total. The molecule has 0 amide bonds. The SMILES string of the molecule is CC[Si](C)(CC)c1ccccc1OS(=O)(=O)C(F)(F)F. The van der Waals surface area contributed by atoms with Crippen LogP contribution in [-0.2, 0) is 10.1 Å². The highest BCUT2D eigenvalue weighted by Crippen LogP contribution is 2.28. The summed E-state index contributed by atoms with van der Waals surface area (Å²) in [6.07, 6.45) is 0. The second-order valence-electron chi connectivity index (χ2n) is 4.75. The van der Waals surface area contributed by atoms with Gasteiger partial charge < -0.3 is 4.18 Å². The zero-order chi connectivity index (χ0) is 15.6. The lowest BCUT2D eigenvalue weighted by Crippen LogP contribution is -2.44. The molecule has 0 saturated carbocycles. The van der Waals surface area contributed by atoms with Crippen LogP contribution in [-0.4, -0.2) is 22.0 Å². The largest absolute Gasteiger partial charge is 0.534 e. The standard InChI is InChI=1S/C12H17F3O3SSi/c1-4-20(3,5-2)11-9-7-6-8-10(11)18-19(16,17)12(13,14)15/h6-9H,4-5H2,1-3H3. The predicted molar refractivity (Wildman–Crippen MR) is 74.3 cm³/mol. The van der Waals surface area contributed by atoms with Crippen LogP contribution < -0.4 is 9.37 Å². The maximum Gasteiger partial charge on any atom is 0.534 e. The number of hydrogen-bond donors (Lipinski definition) is 0. The fourth-order valence-corrected chi connectivity index (χ4v) is 4.87. The Balaban J connectivity index is 3.29. The van der Waals surface area contributed by atoms with Crippen LogP contribution in [0.5, 0.6) is 5.75 Å². The zero-order valence-electron chi connectivity index (χ0n) is 11.5. The van der Waals surface area contributed by atoms with Crippen molar-refractivity contribution >= 4 is 23.4 Å². The molecule has 1 aromatic rings. The van der Waals surface area contributed by atoms with E-state index in [-0.39, 0.29) is 5.75 Å². The Hall–Kier alpha value is -1.02. The predicted octanol–water partition coefficient (Wildman–Crippen LogP) is 3.24. The van der Waals surface area contributed by atoms with Crippen LogP contribution in [0.3, 0.4) is 0 Å². The van der Waals surface area contributed by atoms with E-state index in [0.29, 0.717) is 5.19 Å². The van der Waals surface area contributed by atoms with E-state index in [2.05, 4.69) is 4.18 Å². The van der Waals surface area contributed by atoms with Crippen molar-refractivity contribution < 1.29 is 25.8 Å². The van der Waals surface area contributed by atoms with Gasteiger partial charge in [0.1, 0.15) is 5.75 Å². The monoisotopic (exact) mass is 326 g/mol. The molecule has 20 heavy (non-hydrogen) atoms. The first kappa shape index (κ1) is 17.0. The van der Waals surface area contributed by atoms with Crippen molar-refractivity contribution in [2.75, 3.05) is 0 Å². The molecule has 0 atom stereocenters. The highest BCUT2D eigenvalue weighted by molar-refractivity contribution is 7.88. The molecule has 0 bridgehead atoms. The Morgan fingerprint density at radius 3 is 2.10 bits per heavy atom. The van der Waals surface area contributed by atoms with E-state index in [1.807, 2.05) is 20.4 Å². The summed E-state index contributed by atoms with van der Waals surface area (Å²) < 4.78 is 63.8. The fraction of sp³-hybridized carbons (Fsp3) is 0.500. The van der Waals surface area contributed by atoms with Crippen molar-refractivity contribution in [3.05, 3.63) is 24.3 Å². The maximum absolute atomic E-state index is 12.4. The number of halogens is 3. The first-order valence-electron chi connectivity index (χ1n) is 6.17. The topological polar surface area (TPSA) is 43.4 Å². The zero-order valence-corrected chi connectivity index (χ0v) is 13.3. The van der Waals surface area contributed by atoms with E-state index in [1.165, 1.54) is 12.1 Å². The molecule has 0 spiro atoms. The summed E-state index contributed by atoms with van der Waals surface area (Å²) in [5, 5.41) is 0.595. The van der Waals surface area contributed by atoms with E-state index < -0.39 is 23.7 Å². The van der Waals surface area contributed by atoms with Gasteiger partial charge >= 0.3 is 15.6 Å². The van der Waals surface area contributed by atoms with E-state index in [9.17, 15) is 21.6 Å². The minimum atomic E-state index is -5.63. The summed E-state index contributed by atoms with van der Waals surface area (Å²) in [6.45, 7) is 5.89. The van der Waals surface area contributed by atoms with Gasteiger partial charge in [-0.15, -0.1) is 0 Å². The normalized spacial score (nSPS) is 13.3. The fourth-order valence-electron chi connectivity index (χ4n) is 1.83. The Morgan fingerprint density at radius 1 is 1.15 bits per heavy atom. The van der Waals surface area contributed by atoms with Crippen LogP contribution in [0.1, 0.15) is 13.8 Å². The summed E-state index contributed by atoms with van der Waals surface area (Å²) >= 11 is 0. The van der Waals surface area contributed by atoms with Crippen LogP contribution in [0, 0.1) is 0 Å². The second kappa shape index (κ2) is 5.77. The average molecular weight is 326 g/mol. The van der Waals surface area contributed by atoms with Crippen molar-refractivity contribution in [1.82, 2.24) is 0 Å².